The summed E-state index contributed by atoms with van der Waals surface area (Å²) in [6.07, 6.45) is 1.12. The molecule has 0 saturated heterocycles. The van der Waals surface area contributed by atoms with Crippen molar-refractivity contribution in [3.8, 4) is 0 Å². The number of rotatable bonds is 3. The largest absolute Gasteiger partial charge is 0.325 e. The van der Waals surface area contributed by atoms with Crippen LogP contribution in [-0.4, -0.2) is 26.0 Å². The van der Waals surface area contributed by atoms with E-state index in [4.69, 9.17) is 11.6 Å². The van der Waals surface area contributed by atoms with E-state index in [1.807, 2.05) is 0 Å². The Morgan fingerprint density at radius 1 is 1.41 bits per heavy atom. The molecule has 0 aliphatic carbocycles. The molecule has 0 spiro atoms. The molecule has 1 N–H and O–H groups in total. The van der Waals surface area contributed by atoms with E-state index >= 15 is 0 Å². The zero-order valence-electron chi connectivity index (χ0n) is 9.82. The Hall–Kier alpha value is -1.07. The van der Waals surface area contributed by atoms with Gasteiger partial charge in [-0.25, -0.2) is 8.42 Å². The number of alkyl halides is 1. The molecule has 0 heterocycles. The minimum atomic E-state index is -3.28. The molecule has 0 aliphatic rings. The maximum atomic E-state index is 11.4. The summed E-state index contributed by atoms with van der Waals surface area (Å²) in [6.45, 7) is 3.33. The minimum Gasteiger partial charge on any atom is -0.325 e. The first-order chi connectivity index (χ1) is 7.71. The van der Waals surface area contributed by atoms with Crippen molar-refractivity contribution in [1.82, 2.24) is 0 Å². The lowest BCUT2D eigenvalue weighted by molar-refractivity contribution is -0.115. The highest BCUT2D eigenvalue weighted by Crippen LogP contribution is 2.20. The van der Waals surface area contributed by atoms with Gasteiger partial charge in [0, 0.05) is 11.9 Å². The third-order valence-corrected chi connectivity index (χ3v) is 3.56. The Morgan fingerprint density at radius 2 is 2.00 bits per heavy atom. The molecule has 0 aromatic heterocycles. The van der Waals surface area contributed by atoms with Crippen LogP contribution >= 0.6 is 11.6 Å². The number of sulfone groups is 1. The molecule has 4 nitrogen and oxygen atoms in total. The normalized spacial score (nSPS) is 13.2. The van der Waals surface area contributed by atoms with Crippen LogP contribution in [0.4, 0.5) is 5.69 Å². The molecule has 0 saturated carbocycles. The molecule has 1 atom stereocenters. The number of carbonyl (C=O) groups is 1. The van der Waals surface area contributed by atoms with Crippen LogP contribution in [0.1, 0.15) is 12.5 Å². The van der Waals surface area contributed by atoms with Crippen LogP contribution in [0.25, 0.3) is 0 Å². The van der Waals surface area contributed by atoms with Gasteiger partial charge in [0.25, 0.3) is 0 Å². The molecule has 1 aromatic rings. The molecule has 0 bridgehead atoms. The fraction of sp³-hybridized carbons (Fsp3) is 0.364. The average molecular weight is 276 g/mol. The smallest absolute Gasteiger partial charge is 0.242 e. The molecular formula is C11H14ClNO3S. The molecule has 6 heteroatoms. The lowest BCUT2D eigenvalue weighted by Gasteiger charge is -2.10. The third kappa shape index (κ3) is 3.71. The molecule has 0 aliphatic heterocycles. The van der Waals surface area contributed by atoms with E-state index in [9.17, 15) is 13.2 Å². The number of hydrogen-bond donors (Lipinski definition) is 1. The van der Waals surface area contributed by atoms with Gasteiger partial charge in [-0.3, -0.25) is 4.79 Å². The second-order valence-electron chi connectivity index (χ2n) is 3.85. The summed E-state index contributed by atoms with van der Waals surface area (Å²) in [5.74, 6) is -0.361. The van der Waals surface area contributed by atoms with Crippen LogP contribution in [-0.2, 0) is 14.6 Å². The van der Waals surface area contributed by atoms with Crippen LogP contribution in [0.15, 0.2) is 23.1 Å². The van der Waals surface area contributed by atoms with Gasteiger partial charge in [0.1, 0.15) is 5.38 Å². The highest BCUT2D eigenvalue weighted by atomic mass is 35.5. The predicted molar refractivity (Wildman–Crippen MR) is 68.2 cm³/mol. The highest BCUT2D eigenvalue weighted by Gasteiger charge is 2.13. The summed E-state index contributed by atoms with van der Waals surface area (Å²) in [6, 6.07) is 4.58. The van der Waals surface area contributed by atoms with Crippen LogP contribution in [0, 0.1) is 6.92 Å². The van der Waals surface area contributed by atoms with Gasteiger partial charge in [0.05, 0.1) is 4.90 Å². The van der Waals surface area contributed by atoms with E-state index in [1.165, 1.54) is 12.1 Å². The highest BCUT2D eigenvalue weighted by molar-refractivity contribution is 7.90. The number of benzene rings is 1. The summed E-state index contributed by atoms with van der Waals surface area (Å²) in [5, 5.41) is 1.92. The summed E-state index contributed by atoms with van der Waals surface area (Å²) >= 11 is 5.63. The number of aryl methyl sites for hydroxylation is 1. The Balaban J connectivity index is 3.12. The van der Waals surface area contributed by atoms with Crippen molar-refractivity contribution >= 4 is 33.0 Å². The first kappa shape index (κ1) is 14.0. The maximum absolute atomic E-state index is 11.4. The number of halogens is 1. The molecule has 17 heavy (non-hydrogen) atoms. The zero-order chi connectivity index (χ0) is 13.2. The molecule has 0 fully saturated rings. The Morgan fingerprint density at radius 3 is 2.47 bits per heavy atom. The molecule has 1 unspecified atom stereocenters. The fourth-order valence-electron chi connectivity index (χ4n) is 1.20. The zero-order valence-corrected chi connectivity index (χ0v) is 11.4. The van der Waals surface area contributed by atoms with Crippen molar-refractivity contribution in [2.24, 2.45) is 0 Å². The van der Waals surface area contributed by atoms with Gasteiger partial charge >= 0.3 is 0 Å². The van der Waals surface area contributed by atoms with Crippen molar-refractivity contribution in [2.45, 2.75) is 24.1 Å². The van der Waals surface area contributed by atoms with Gasteiger partial charge in [-0.05, 0) is 31.5 Å². The lowest BCUT2D eigenvalue weighted by Crippen LogP contribution is -2.21. The van der Waals surface area contributed by atoms with Gasteiger partial charge in [0.2, 0.25) is 5.91 Å². The predicted octanol–water partition coefficient (Wildman–Crippen LogP) is 1.96. The molecule has 94 valence electrons. The molecular weight excluding hydrogens is 262 g/mol. The van der Waals surface area contributed by atoms with Crippen LogP contribution in [0.5, 0.6) is 0 Å². The van der Waals surface area contributed by atoms with Crippen molar-refractivity contribution < 1.29 is 13.2 Å². The van der Waals surface area contributed by atoms with E-state index in [0.717, 1.165) is 11.8 Å². The van der Waals surface area contributed by atoms with Gasteiger partial charge in [-0.2, -0.15) is 0 Å². The summed E-state index contributed by atoms with van der Waals surface area (Å²) in [7, 11) is -3.28. The van der Waals surface area contributed by atoms with Crippen LogP contribution in [0.3, 0.4) is 0 Å². The van der Waals surface area contributed by atoms with Crippen molar-refractivity contribution in [1.29, 1.82) is 0 Å². The first-order valence-corrected chi connectivity index (χ1v) is 7.30. The van der Waals surface area contributed by atoms with E-state index in [0.29, 0.717) is 5.69 Å². The van der Waals surface area contributed by atoms with E-state index in [2.05, 4.69) is 5.32 Å². The summed E-state index contributed by atoms with van der Waals surface area (Å²) < 4.78 is 22.8. The monoisotopic (exact) mass is 275 g/mol. The van der Waals surface area contributed by atoms with Gasteiger partial charge in [-0.15, -0.1) is 11.6 Å². The van der Waals surface area contributed by atoms with Gasteiger partial charge in [0.15, 0.2) is 9.84 Å². The quantitative estimate of drug-likeness (QED) is 0.858. The number of amides is 1. The molecule has 0 radical (unpaired) electrons. The van der Waals surface area contributed by atoms with Crippen molar-refractivity contribution in [2.75, 3.05) is 11.6 Å². The topological polar surface area (TPSA) is 63.2 Å². The van der Waals surface area contributed by atoms with Crippen molar-refractivity contribution in [3.63, 3.8) is 0 Å². The molecule has 1 aromatic carbocycles. The summed E-state index contributed by atoms with van der Waals surface area (Å²) in [5.41, 5.74) is 1.24. The Bertz CT molecular complexity index is 538. The van der Waals surface area contributed by atoms with Crippen LogP contribution < -0.4 is 5.32 Å². The van der Waals surface area contributed by atoms with E-state index in [1.54, 1.807) is 19.9 Å². The second kappa shape index (κ2) is 5.06. The Labute approximate surface area is 106 Å². The number of carbonyl (C=O) groups excluding carboxylic acids is 1. The number of nitrogens with one attached hydrogen (secondary N) is 1. The molecule has 1 amide bonds. The lowest BCUT2D eigenvalue weighted by atomic mass is 10.2. The van der Waals surface area contributed by atoms with Gasteiger partial charge < -0.3 is 5.32 Å². The average Bonchev–Trinajstić information content (AvgIpc) is 2.19. The number of anilines is 1. The van der Waals surface area contributed by atoms with E-state index < -0.39 is 15.2 Å². The standard InChI is InChI=1S/C11H14ClNO3S/c1-7-4-5-9(17(3,15)16)6-10(7)13-11(14)8(2)12/h4-6,8H,1-3H3,(H,13,14). The first-order valence-electron chi connectivity index (χ1n) is 4.97. The van der Waals surface area contributed by atoms with Crippen LogP contribution in [0.2, 0.25) is 0 Å². The van der Waals surface area contributed by atoms with Gasteiger partial charge in [-0.1, -0.05) is 6.07 Å². The third-order valence-electron chi connectivity index (χ3n) is 2.26. The molecule has 1 rings (SSSR count). The number of hydrogen-bond acceptors (Lipinski definition) is 3. The minimum absolute atomic E-state index is 0.167. The SMILES string of the molecule is Cc1ccc(S(C)(=O)=O)cc1NC(=O)C(C)Cl. The maximum Gasteiger partial charge on any atom is 0.242 e. The fourth-order valence-corrected chi connectivity index (χ4v) is 1.90. The Kier molecular flexibility index (Phi) is 4.16. The van der Waals surface area contributed by atoms with E-state index in [-0.39, 0.29) is 10.8 Å². The summed E-state index contributed by atoms with van der Waals surface area (Å²) in [4.78, 5) is 11.6. The van der Waals surface area contributed by atoms with Crippen molar-refractivity contribution in [3.05, 3.63) is 23.8 Å². The second-order valence-corrected chi connectivity index (χ2v) is 6.52.